The van der Waals surface area contributed by atoms with Crippen LogP contribution >= 0.6 is 23.5 Å². The summed E-state index contributed by atoms with van der Waals surface area (Å²) in [5, 5.41) is 1.40. The van der Waals surface area contributed by atoms with E-state index in [0.717, 1.165) is 22.9 Å². The zero-order valence-corrected chi connectivity index (χ0v) is 14.1. The van der Waals surface area contributed by atoms with Crippen LogP contribution in [0.2, 0.25) is 0 Å². The molecule has 0 bridgehead atoms. The molecule has 6 nitrogen and oxygen atoms in total. The first-order valence-electron chi connectivity index (χ1n) is 6.66. The molecule has 22 heavy (non-hydrogen) atoms. The fraction of sp³-hybridized carbons (Fsp3) is 0.286. The summed E-state index contributed by atoms with van der Waals surface area (Å²) in [6.45, 7) is 3.81. The van der Waals surface area contributed by atoms with Gasteiger partial charge in [-0.3, -0.25) is 0 Å². The molecule has 0 aliphatic carbocycles. The molecule has 0 fully saturated rings. The fourth-order valence-corrected chi connectivity index (χ4v) is 3.16. The minimum Gasteiger partial charge on any atom is -0.384 e. The van der Waals surface area contributed by atoms with Crippen molar-refractivity contribution in [3.8, 4) is 0 Å². The van der Waals surface area contributed by atoms with E-state index in [9.17, 15) is 0 Å². The molecule has 0 saturated carbocycles. The molecule has 0 atom stereocenters. The summed E-state index contributed by atoms with van der Waals surface area (Å²) >= 11 is 3.10. The van der Waals surface area contributed by atoms with Gasteiger partial charge in [0.2, 0.25) is 0 Å². The molecule has 0 amide bonds. The van der Waals surface area contributed by atoms with Crippen LogP contribution < -0.4 is 11.5 Å². The molecule has 0 spiro atoms. The second-order valence-electron chi connectivity index (χ2n) is 4.53. The van der Waals surface area contributed by atoms with Gasteiger partial charge >= 0.3 is 0 Å². The van der Waals surface area contributed by atoms with Crippen molar-refractivity contribution in [3.63, 3.8) is 0 Å². The summed E-state index contributed by atoms with van der Waals surface area (Å²) in [5.41, 5.74) is 13.1. The number of hydrogen-bond acceptors (Lipinski definition) is 8. The van der Waals surface area contributed by atoms with Crippen molar-refractivity contribution in [3.05, 3.63) is 35.7 Å². The molecule has 2 rings (SSSR count). The maximum Gasteiger partial charge on any atom is 0.190 e. The standard InChI is InChI=1S/C14H18N6S2/c1-9-7-11(15)19-13(17-9)21-5-3-4-6-22-14-18-10(2)8-12(16)20-14/h3-4,7-8H,5-6H2,1-2H3,(H2,15,17,19)(H2,16,18,20). The molecule has 2 aromatic rings. The van der Waals surface area contributed by atoms with Crippen molar-refractivity contribution in [2.75, 3.05) is 23.0 Å². The lowest BCUT2D eigenvalue weighted by atomic mass is 10.4. The third-order valence-electron chi connectivity index (χ3n) is 2.49. The van der Waals surface area contributed by atoms with E-state index in [4.69, 9.17) is 11.5 Å². The fourth-order valence-electron chi connectivity index (χ4n) is 1.64. The number of thioether (sulfide) groups is 2. The smallest absolute Gasteiger partial charge is 0.190 e. The Balaban J connectivity index is 1.76. The molecule has 2 aromatic heterocycles. The van der Waals surface area contributed by atoms with Crippen LogP contribution in [0.4, 0.5) is 11.6 Å². The van der Waals surface area contributed by atoms with Crippen LogP contribution in [0, 0.1) is 13.8 Å². The van der Waals surface area contributed by atoms with Gasteiger partial charge in [-0.05, 0) is 13.8 Å². The Bertz CT molecular complexity index is 576. The SMILES string of the molecule is Cc1cc(N)nc(SCC=CCSc2nc(C)cc(N)n2)n1. The van der Waals surface area contributed by atoms with E-state index in [-0.39, 0.29) is 0 Å². The number of aryl methyl sites for hydroxylation is 2. The zero-order chi connectivity index (χ0) is 15.9. The van der Waals surface area contributed by atoms with E-state index < -0.39 is 0 Å². The van der Waals surface area contributed by atoms with Crippen LogP contribution in [0.1, 0.15) is 11.4 Å². The van der Waals surface area contributed by atoms with Crippen molar-refractivity contribution < 1.29 is 0 Å². The highest BCUT2D eigenvalue weighted by Gasteiger charge is 2.00. The van der Waals surface area contributed by atoms with Crippen molar-refractivity contribution >= 4 is 35.2 Å². The topological polar surface area (TPSA) is 104 Å². The molecule has 116 valence electrons. The van der Waals surface area contributed by atoms with Crippen molar-refractivity contribution in [1.82, 2.24) is 19.9 Å². The first-order valence-corrected chi connectivity index (χ1v) is 8.63. The van der Waals surface area contributed by atoms with Gasteiger partial charge in [-0.1, -0.05) is 35.7 Å². The third kappa shape index (κ3) is 5.53. The van der Waals surface area contributed by atoms with Crippen molar-refractivity contribution in [2.24, 2.45) is 0 Å². The van der Waals surface area contributed by atoms with Crippen molar-refractivity contribution in [2.45, 2.75) is 24.2 Å². The maximum absolute atomic E-state index is 5.69. The molecule has 0 aliphatic rings. The van der Waals surface area contributed by atoms with E-state index >= 15 is 0 Å². The molecule has 0 saturated heterocycles. The minimum atomic E-state index is 0.503. The molecule has 0 aromatic carbocycles. The molecule has 0 radical (unpaired) electrons. The van der Waals surface area contributed by atoms with Crippen LogP contribution in [-0.4, -0.2) is 31.4 Å². The average molecular weight is 334 g/mol. The van der Waals surface area contributed by atoms with Crippen LogP contribution in [-0.2, 0) is 0 Å². The monoisotopic (exact) mass is 334 g/mol. The van der Waals surface area contributed by atoms with Gasteiger partial charge in [0.05, 0.1) is 0 Å². The Morgan fingerprint density at radius 3 is 1.59 bits per heavy atom. The molecule has 8 heteroatoms. The number of hydrogen-bond donors (Lipinski definition) is 2. The first kappa shape index (κ1) is 16.6. The number of nitrogen functional groups attached to an aromatic ring is 2. The van der Waals surface area contributed by atoms with Gasteiger partial charge in [0, 0.05) is 35.0 Å². The second kappa shape index (κ2) is 8.00. The third-order valence-corrected chi connectivity index (χ3v) is 4.09. The lowest BCUT2D eigenvalue weighted by molar-refractivity contribution is 0.941. The van der Waals surface area contributed by atoms with E-state index in [1.54, 1.807) is 35.7 Å². The van der Waals surface area contributed by atoms with Crippen LogP contribution in [0.5, 0.6) is 0 Å². The number of aromatic nitrogens is 4. The molecular weight excluding hydrogens is 316 g/mol. The summed E-state index contributed by atoms with van der Waals surface area (Å²) in [6, 6.07) is 3.51. The lowest BCUT2D eigenvalue weighted by Crippen LogP contribution is -1.97. The molecular formula is C14H18N6S2. The predicted octanol–water partition coefficient (Wildman–Crippen LogP) is 2.49. The van der Waals surface area contributed by atoms with Crippen LogP contribution in [0.3, 0.4) is 0 Å². The van der Waals surface area contributed by atoms with Gasteiger partial charge in [-0.15, -0.1) is 0 Å². The normalized spacial score (nSPS) is 11.2. The van der Waals surface area contributed by atoms with Gasteiger partial charge in [0.25, 0.3) is 0 Å². The van der Waals surface area contributed by atoms with Gasteiger partial charge < -0.3 is 11.5 Å². The second-order valence-corrected chi connectivity index (χ2v) is 6.50. The highest BCUT2D eigenvalue weighted by molar-refractivity contribution is 7.99. The van der Waals surface area contributed by atoms with E-state index in [1.807, 2.05) is 13.8 Å². The highest BCUT2D eigenvalue weighted by atomic mass is 32.2. The number of nitrogens with zero attached hydrogens (tertiary/aromatic N) is 4. The summed E-state index contributed by atoms with van der Waals surface area (Å²) < 4.78 is 0. The summed E-state index contributed by atoms with van der Waals surface area (Å²) in [4.78, 5) is 17.0. The molecule has 0 unspecified atom stereocenters. The predicted molar refractivity (Wildman–Crippen MR) is 93.0 cm³/mol. The van der Waals surface area contributed by atoms with Gasteiger partial charge in [-0.25, -0.2) is 19.9 Å². The molecule has 0 aliphatic heterocycles. The van der Waals surface area contributed by atoms with Crippen molar-refractivity contribution in [1.29, 1.82) is 0 Å². The number of rotatable bonds is 6. The van der Waals surface area contributed by atoms with E-state index in [2.05, 4.69) is 32.1 Å². The molecule has 2 heterocycles. The highest BCUT2D eigenvalue weighted by Crippen LogP contribution is 2.17. The number of anilines is 2. The summed E-state index contributed by atoms with van der Waals surface area (Å²) in [7, 11) is 0. The Hall–Kier alpha value is -1.80. The minimum absolute atomic E-state index is 0.503. The van der Waals surface area contributed by atoms with E-state index in [1.165, 1.54) is 0 Å². The summed E-state index contributed by atoms with van der Waals surface area (Å²) in [5.74, 6) is 2.59. The Labute approximate surface area is 138 Å². The average Bonchev–Trinajstić information content (AvgIpc) is 2.40. The van der Waals surface area contributed by atoms with Gasteiger partial charge in [-0.2, -0.15) is 0 Å². The van der Waals surface area contributed by atoms with Crippen LogP contribution in [0.25, 0.3) is 0 Å². The summed E-state index contributed by atoms with van der Waals surface area (Å²) in [6.07, 6.45) is 4.14. The van der Waals surface area contributed by atoms with Crippen LogP contribution in [0.15, 0.2) is 34.6 Å². The first-order chi connectivity index (χ1) is 10.5. The van der Waals surface area contributed by atoms with Gasteiger partial charge in [0.15, 0.2) is 10.3 Å². The molecule has 4 N–H and O–H groups in total. The quantitative estimate of drug-likeness (QED) is 0.472. The van der Waals surface area contributed by atoms with E-state index in [0.29, 0.717) is 21.9 Å². The van der Waals surface area contributed by atoms with Gasteiger partial charge in [0.1, 0.15) is 11.6 Å². The maximum atomic E-state index is 5.69. The Morgan fingerprint density at radius 2 is 1.23 bits per heavy atom. The lowest BCUT2D eigenvalue weighted by Gasteiger charge is -2.01. The Morgan fingerprint density at radius 1 is 0.818 bits per heavy atom. The zero-order valence-electron chi connectivity index (χ0n) is 12.5. The largest absolute Gasteiger partial charge is 0.384 e. The number of nitrogens with two attached hydrogens (primary N) is 2. The Kier molecular flexibility index (Phi) is 6.02.